The first kappa shape index (κ1) is 32.7. The molecular weight excluding hydrogens is 526 g/mol. The van der Waals surface area contributed by atoms with E-state index in [9.17, 15) is 46.0 Å². The van der Waals surface area contributed by atoms with E-state index in [2.05, 4.69) is 5.32 Å². The Morgan fingerprint density at radius 1 is 0.769 bits per heavy atom. The van der Waals surface area contributed by atoms with Crippen LogP contribution < -0.4 is 5.32 Å². The van der Waals surface area contributed by atoms with E-state index in [-0.39, 0.29) is 13.2 Å². The third-order valence-electron chi connectivity index (χ3n) is 7.40. The van der Waals surface area contributed by atoms with Gasteiger partial charge in [-0.25, -0.2) is 0 Å². The lowest BCUT2D eigenvalue weighted by Gasteiger charge is -2.44. The molecule has 0 unspecified atom stereocenters. The summed E-state index contributed by atoms with van der Waals surface area (Å²) in [6.45, 7) is 0.861. The highest BCUT2D eigenvalue weighted by Gasteiger charge is 2.47. The maximum absolute atomic E-state index is 10.7. The highest BCUT2D eigenvalue weighted by Crippen LogP contribution is 2.27. The first-order chi connectivity index (χ1) is 18.5. The number of nitrogens with one attached hydrogen (secondary N) is 1. The van der Waals surface area contributed by atoms with Crippen LogP contribution in [0.4, 0.5) is 0 Å². The largest absolute Gasteiger partial charge is 0.394 e. The fourth-order valence-corrected chi connectivity index (χ4v) is 5.03. The minimum absolute atomic E-state index is 0.0936. The Morgan fingerprint density at radius 2 is 1.41 bits per heavy atom. The van der Waals surface area contributed by atoms with Gasteiger partial charge in [0.05, 0.1) is 31.4 Å². The van der Waals surface area contributed by atoms with Crippen LogP contribution in [0.15, 0.2) is 11.6 Å². The van der Waals surface area contributed by atoms with Crippen molar-refractivity contribution in [2.75, 3.05) is 33.5 Å². The monoisotopic (exact) mass is 569 g/mol. The molecule has 0 amide bonds. The summed E-state index contributed by atoms with van der Waals surface area (Å²) in [6, 6.07) is -1.69. The summed E-state index contributed by atoms with van der Waals surface area (Å²) in [7, 11) is 1.34. The minimum atomic E-state index is -1.53. The van der Waals surface area contributed by atoms with Gasteiger partial charge in [-0.3, -0.25) is 0 Å². The molecule has 0 saturated carbocycles. The summed E-state index contributed by atoms with van der Waals surface area (Å²) in [5.74, 6) is 0. The van der Waals surface area contributed by atoms with Crippen LogP contribution in [-0.2, 0) is 23.7 Å². The normalized spacial score (nSPS) is 45.3. The van der Waals surface area contributed by atoms with Crippen LogP contribution >= 0.6 is 0 Å². The molecule has 0 radical (unpaired) electrons. The SMILES string of the molecule is CO[C@H]1O[C@H](C)[C@@H](N[C@H]2C=C(CO)[C@@H](OCCCCO[C@H]3O[C@H](CO)[C@@H](O)[C@H](O)[C@H]3O)[C@H](O)[C@H]2O)[C@H](O)[C@H]1O. The topological polar surface area (TPSA) is 240 Å². The average molecular weight is 570 g/mol. The zero-order valence-corrected chi connectivity index (χ0v) is 22.0. The van der Waals surface area contributed by atoms with Crippen molar-refractivity contribution in [3.05, 3.63) is 11.6 Å². The molecule has 2 saturated heterocycles. The quantitative estimate of drug-likeness (QED) is 0.0782. The molecule has 0 aromatic rings. The first-order valence-electron chi connectivity index (χ1n) is 13.1. The Bertz CT molecular complexity index is 773. The van der Waals surface area contributed by atoms with Gasteiger partial charge < -0.3 is 75.0 Å². The van der Waals surface area contributed by atoms with Crippen LogP contribution in [0.25, 0.3) is 0 Å². The fraction of sp³-hybridized carbons (Fsp3) is 0.917. The summed E-state index contributed by atoms with van der Waals surface area (Å²) in [5, 5.41) is 93.9. The van der Waals surface area contributed by atoms with Gasteiger partial charge in [-0.15, -0.1) is 0 Å². The van der Waals surface area contributed by atoms with E-state index >= 15 is 0 Å². The lowest BCUT2D eigenvalue weighted by molar-refractivity contribution is -0.301. The maximum Gasteiger partial charge on any atom is 0.186 e. The van der Waals surface area contributed by atoms with E-state index in [1.807, 2.05) is 0 Å². The predicted molar refractivity (Wildman–Crippen MR) is 130 cm³/mol. The number of aliphatic hydroxyl groups excluding tert-OH is 9. The van der Waals surface area contributed by atoms with Crippen molar-refractivity contribution in [3.8, 4) is 0 Å². The third-order valence-corrected chi connectivity index (χ3v) is 7.40. The molecule has 10 N–H and O–H groups in total. The lowest BCUT2D eigenvalue weighted by atomic mass is 9.86. The van der Waals surface area contributed by atoms with Gasteiger partial charge in [0.2, 0.25) is 0 Å². The van der Waals surface area contributed by atoms with Crippen LogP contribution in [0, 0.1) is 0 Å². The van der Waals surface area contributed by atoms with E-state index in [1.165, 1.54) is 13.2 Å². The van der Waals surface area contributed by atoms with Gasteiger partial charge in [0.15, 0.2) is 12.6 Å². The van der Waals surface area contributed by atoms with Gasteiger partial charge in [0.1, 0.15) is 54.9 Å². The van der Waals surface area contributed by atoms with E-state index < -0.39 is 98.9 Å². The standard InChI is InChI=1S/C24H43NO14/c1-10-14(17(30)20(33)23(35-2)38-10)25-12-7-11(8-26)22(19(32)15(12)28)36-5-3-4-6-37-24-21(34)18(31)16(29)13(9-27)39-24/h7,10,12-34H,3-6,8-9H2,1-2H3/t10-,12+,13-,14-,15+,16-,17+,18+,19-,20-,21-,22-,23+,24+/m1/s1. The minimum Gasteiger partial charge on any atom is -0.394 e. The number of rotatable bonds is 12. The van der Waals surface area contributed by atoms with E-state index in [0.717, 1.165) is 0 Å². The summed E-state index contributed by atoms with van der Waals surface area (Å²) in [6.07, 6.45) is -12.5. The number of aliphatic hydroxyl groups is 9. The molecule has 2 aliphatic heterocycles. The van der Waals surface area contributed by atoms with Crippen LogP contribution in [-0.4, -0.2) is 165 Å². The predicted octanol–water partition coefficient (Wildman–Crippen LogP) is -4.94. The lowest BCUT2D eigenvalue weighted by Crippen LogP contribution is -2.66. The Labute approximate surface area is 226 Å². The van der Waals surface area contributed by atoms with E-state index in [1.54, 1.807) is 6.92 Å². The molecule has 0 aromatic heterocycles. The van der Waals surface area contributed by atoms with Crippen LogP contribution in [0.1, 0.15) is 19.8 Å². The highest BCUT2D eigenvalue weighted by molar-refractivity contribution is 5.23. The highest BCUT2D eigenvalue weighted by atomic mass is 16.7. The summed E-state index contributed by atoms with van der Waals surface area (Å²) in [5.41, 5.74) is 0.317. The van der Waals surface area contributed by atoms with Gasteiger partial charge in [-0.05, 0) is 25.3 Å². The molecule has 2 heterocycles. The van der Waals surface area contributed by atoms with E-state index in [0.29, 0.717) is 18.4 Å². The van der Waals surface area contributed by atoms with Crippen molar-refractivity contribution in [2.24, 2.45) is 0 Å². The molecule has 3 aliphatic rings. The zero-order valence-electron chi connectivity index (χ0n) is 22.0. The van der Waals surface area contributed by atoms with Crippen LogP contribution in [0.2, 0.25) is 0 Å². The van der Waals surface area contributed by atoms with Gasteiger partial charge in [-0.1, -0.05) is 6.08 Å². The van der Waals surface area contributed by atoms with Crippen molar-refractivity contribution >= 4 is 0 Å². The average Bonchev–Trinajstić information content (AvgIpc) is 2.93. The number of hydrogen-bond donors (Lipinski definition) is 10. The van der Waals surface area contributed by atoms with Crippen molar-refractivity contribution in [2.45, 2.75) is 105 Å². The third kappa shape index (κ3) is 7.51. The molecule has 1 aliphatic carbocycles. The van der Waals surface area contributed by atoms with Crippen molar-refractivity contribution in [3.63, 3.8) is 0 Å². The number of hydrogen-bond acceptors (Lipinski definition) is 15. The van der Waals surface area contributed by atoms with Crippen molar-refractivity contribution in [1.29, 1.82) is 0 Å². The molecule has 2 fully saturated rings. The number of ether oxygens (including phenoxy) is 5. The number of methoxy groups -OCH3 is 1. The summed E-state index contributed by atoms with van der Waals surface area (Å²) >= 11 is 0. The molecule has 39 heavy (non-hydrogen) atoms. The van der Waals surface area contributed by atoms with Gasteiger partial charge in [0.25, 0.3) is 0 Å². The molecule has 0 bridgehead atoms. The maximum atomic E-state index is 10.7. The molecule has 3 rings (SSSR count). The Balaban J connectivity index is 1.48. The second kappa shape index (κ2) is 14.9. The van der Waals surface area contributed by atoms with Crippen LogP contribution in [0.3, 0.4) is 0 Å². The number of unbranched alkanes of at least 4 members (excludes halogenated alkanes) is 1. The second-order valence-corrected chi connectivity index (χ2v) is 10.1. The van der Waals surface area contributed by atoms with Gasteiger partial charge in [-0.2, -0.15) is 0 Å². The Kier molecular flexibility index (Phi) is 12.4. The molecular formula is C24H43NO14. The van der Waals surface area contributed by atoms with Gasteiger partial charge >= 0.3 is 0 Å². The Morgan fingerprint density at radius 3 is 2.03 bits per heavy atom. The molecule has 228 valence electrons. The summed E-state index contributed by atoms with van der Waals surface area (Å²) < 4.78 is 27.0. The zero-order chi connectivity index (χ0) is 28.9. The Hall–Kier alpha value is -0.860. The van der Waals surface area contributed by atoms with Gasteiger partial charge in [0, 0.05) is 20.3 Å². The molecule has 15 heteroatoms. The molecule has 14 atom stereocenters. The second-order valence-electron chi connectivity index (χ2n) is 10.1. The van der Waals surface area contributed by atoms with Crippen molar-refractivity contribution in [1.82, 2.24) is 5.32 Å². The van der Waals surface area contributed by atoms with Crippen molar-refractivity contribution < 1.29 is 69.6 Å². The van der Waals surface area contributed by atoms with E-state index in [4.69, 9.17) is 23.7 Å². The smallest absolute Gasteiger partial charge is 0.186 e. The molecule has 0 aromatic carbocycles. The molecule has 0 spiro atoms. The first-order valence-corrected chi connectivity index (χ1v) is 13.1. The fourth-order valence-electron chi connectivity index (χ4n) is 5.03. The molecule has 15 nitrogen and oxygen atoms in total. The van der Waals surface area contributed by atoms with Crippen LogP contribution in [0.5, 0.6) is 0 Å². The summed E-state index contributed by atoms with van der Waals surface area (Å²) in [4.78, 5) is 0.